The van der Waals surface area contributed by atoms with Crippen molar-refractivity contribution in [2.24, 2.45) is 0 Å². The first-order chi connectivity index (χ1) is 6.83. The molecule has 0 bridgehead atoms. The van der Waals surface area contributed by atoms with Gasteiger partial charge in [0.1, 0.15) is 11.8 Å². The Bertz CT molecular complexity index is 382. The van der Waals surface area contributed by atoms with E-state index in [0.717, 1.165) is 4.90 Å². The maximum absolute atomic E-state index is 8.85. The lowest BCUT2D eigenvalue weighted by Crippen LogP contribution is -1.91. The number of pyridine rings is 1. The predicted molar refractivity (Wildman–Crippen MR) is 54.4 cm³/mol. The molecule has 3 nitrogen and oxygen atoms in total. The minimum atomic E-state index is 0.502. The molecule has 14 heavy (non-hydrogen) atoms. The van der Waals surface area contributed by atoms with Crippen molar-refractivity contribution in [1.29, 1.82) is 5.26 Å². The molecule has 0 N–H and O–H groups in total. The molecule has 1 aliphatic carbocycles. The maximum atomic E-state index is 8.85. The maximum Gasteiger partial charge on any atom is 0.154 e. The van der Waals surface area contributed by atoms with Crippen LogP contribution in [0.2, 0.25) is 0 Å². The van der Waals surface area contributed by atoms with E-state index in [1.807, 2.05) is 6.07 Å². The molecule has 0 spiro atoms. The summed E-state index contributed by atoms with van der Waals surface area (Å²) >= 11 is 1.73. The zero-order chi connectivity index (χ0) is 9.97. The van der Waals surface area contributed by atoms with Crippen molar-refractivity contribution < 1.29 is 4.74 Å². The molecule has 0 saturated heterocycles. The lowest BCUT2D eigenvalue weighted by atomic mass is 10.3. The van der Waals surface area contributed by atoms with Crippen molar-refractivity contribution >= 4 is 11.8 Å². The Morgan fingerprint density at radius 3 is 3.00 bits per heavy atom. The van der Waals surface area contributed by atoms with E-state index in [1.54, 1.807) is 25.1 Å². The Balaban J connectivity index is 2.27. The molecular formula is C10H10N2OS. The Morgan fingerprint density at radius 1 is 1.64 bits per heavy atom. The number of rotatable bonds is 3. The van der Waals surface area contributed by atoms with Gasteiger partial charge in [-0.25, -0.2) is 4.98 Å². The highest BCUT2D eigenvalue weighted by atomic mass is 32.2. The molecule has 1 fully saturated rings. The van der Waals surface area contributed by atoms with Crippen molar-refractivity contribution in [1.82, 2.24) is 4.98 Å². The smallest absolute Gasteiger partial charge is 0.154 e. The topological polar surface area (TPSA) is 45.9 Å². The Labute approximate surface area is 87.1 Å². The number of ether oxygens (including phenoxy) is 1. The average Bonchev–Trinajstić information content (AvgIpc) is 3.01. The van der Waals surface area contributed by atoms with Gasteiger partial charge in [-0.3, -0.25) is 0 Å². The van der Waals surface area contributed by atoms with E-state index in [2.05, 4.69) is 11.1 Å². The van der Waals surface area contributed by atoms with Crippen LogP contribution in [0.3, 0.4) is 0 Å². The molecule has 0 unspecified atom stereocenters. The first-order valence-electron chi connectivity index (χ1n) is 4.44. The molecule has 0 aliphatic heterocycles. The van der Waals surface area contributed by atoms with Gasteiger partial charge in [-0.05, 0) is 18.9 Å². The zero-order valence-electron chi connectivity index (χ0n) is 7.86. The van der Waals surface area contributed by atoms with Gasteiger partial charge in [0, 0.05) is 10.1 Å². The van der Waals surface area contributed by atoms with Gasteiger partial charge in [0.05, 0.1) is 13.3 Å². The van der Waals surface area contributed by atoms with Crippen LogP contribution in [0.15, 0.2) is 17.2 Å². The molecule has 2 rings (SSSR count). The van der Waals surface area contributed by atoms with Crippen LogP contribution < -0.4 is 4.74 Å². The van der Waals surface area contributed by atoms with E-state index in [9.17, 15) is 0 Å². The standard InChI is InChI=1S/C10H10N2OS/c1-13-7-4-10(14-8-2-3-8)9(5-11)12-6-7/h4,6,8H,2-3H2,1H3. The van der Waals surface area contributed by atoms with Gasteiger partial charge < -0.3 is 4.74 Å². The summed E-state index contributed by atoms with van der Waals surface area (Å²) in [6.07, 6.45) is 4.06. The lowest BCUT2D eigenvalue weighted by Gasteiger charge is -2.04. The van der Waals surface area contributed by atoms with Gasteiger partial charge in [0.15, 0.2) is 5.69 Å². The summed E-state index contributed by atoms with van der Waals surface area (Å²) in [6.45, 7) is 0. The normalized spacial score (nSPS) is 14.9. The second kappa shape index (κ2) is 3.89. The Morgan fingerprint density at radius 2 is 2.43 bits per heavy atom. The first-order valence-corrected chi connectivity index (χ1v) is 5.32. The van der Waals surface area contributed by atoms with Gasteiger partial charge in [-0.2, -0.15) is 5.26 Å². The summed E-state index contributed by atoms with van der Waals surface area (Å²) in [6, 6.07) is 3.98. The van der Waals surface area contributed by atoms with Crippen molar-refractivity contribution in [3.05, 3.63) is 18.0 Å². The quantitative estimate of drug-likeness (QED) is 0.760. The minimum absolute atomic E-state index is 0.502. The summed E-state index contributed by atoms with van der Waals surface area (Å²) in [5, 5.41) is 9.53. The van der Waals surface area contributed by atoms with Crippen LogP contribution in [0.5, 0.6) is 5.75 Å². The van der Waals surface area contributed by atoms with Crippen molar-refractivity contribution in [2.45, 2.75) is 23.0 Å². The summed E-state index contributed by atoms with van der Waals surface area (Å²) in [7, 11) is 1.61. The van der Waals surface area contributed by atoms with Crippen LogP contribution in [0.4, 0.5) is 0 Å². The molecule has 0 aromatic carbocycles. The van der Waals surface area contributed by atoms with Crippen molar-refractivity contribution in [3.63, 3.8) is 0 Å². The summed E-state index contributed by atoms with van der Waals surface area (Å²) in [4.78, 5) is 4.98. The molecule has 1 aromatic heterocycles. The number of methoxy groups -OCH3 is 1. The van der Waals surface area contributed by atoms with Crippen LogP contribution >= 0.6 is 11.8 Å². The van der Waals surface area contributed by atoms with Gasteiger partial charge in [0.2, 0.25) is 0 Å². The molecular weight excluding hydrogens is 196 g/mol. The number of nitrogens with zero attached hydrogens (tertiary/aromatic N) is 2. The van der Waals surface area contributed by atoms with Gasteiger partial charge in [-0.1, -0.05) is 0 Å². The summed E-state index contributed by atoms with van der Waals surface area (Å²) < 4.78 is 5.07. The molecule has 1 heterocycles. The van der Waals surface area contributed by atoms with Crippen LogP contribution in [0.25, 0.3) is 0 Å². The van der Waals surface area contributed by atoms with Gasteiger partial charge in [-0.15, -0.1) is 11.8 Å². The molecule has 0 amide bonds. The predicted octanol–water partition coefficient (Wildman–Crippen LogP) is 2.22. The number of hydrogen-bond acceptors (Lipinski definition) is 4. The van der Waals surface area contributed by atoms with Crippen molar-refractivity contribution in [2.75, 3.05) is 7.11 Å². The third-order valence-corrected chi connectivity index (χ3v) is 3.36. The highest BCUT2D eigenvalue weighted by Gasteiger charge is 2.24. The van der Waals surface area contributed by atoms with Crippen molar-refractivity contribution in [3.8, 4) is 11.8 Å². The minimum Gasteiger partial charge on any atom is -0.495 e. The van der Waals surface area contributed by atoms with Crippen LogP contribution in [-0.4, -0.2) is 17.3 Å². The fourth-order valence-corrected chi connectivity index (χ4v) is 2.20. The third-order valence-electron chi connectivity index (χ3n) is 1.99. The second-order valence-corrected chi connectivity index (χ2v) is 4.49. The zero-order valence-corrected chi connectivity index (χ0v) is 8.67. The first kappa shape index (κ1) is 9.35. The largest absolute Gasteiger partial charge is 0.495 e. The summed E-state index contributed by atoms with van der Waals surface area (Å²) in [5.74, 6) is 0.715. The van der Waals surface area contributed by atoms with E-state index in [-0.39, 0.29) is 0 Å². The fraction of sp³-hybridized carbons (Fsp3) is 0.400. The molecule has 1 aromatic rings. The number of hydrogen-bond donors (Lipinski definition) is 0. The molecule has 0 atom stereocenters. The number of nitriles is 1. The van der Waals surface area contributed by atoms with Crippen LogP contribution in [0.1, 0.15) is 18.5 Å². The second-order valence-electron chi connectivity index (χ2n) is 3.15. The van der Waals surface area contributed by atoms with Gasteiger partial charge in [0.25, 0.3) is 0 Å². The highest BCUT2D eigenvalue weighted by Crippen LogP contribution is 2.40. The molecule has 4 heteroatoms. The van der Waals surface area contributed by atoms with Gasteiger partial charge >= 0.3 is 0 Å². The Kier molecular flexibility index (Phi) is 2.60. The molecule has 72 valence electrons. The number of thioether (sulfide) groups is 1. The summed E-state index contributed by atoms with van der Waals surface area (Å²) in [5.41, 5.74) is 0.502. The van der Waals surface area contributed by atoms with Crippen LogP contribution in [-0.2, 0) is 0 Å². The van der Waals surface area contributed by atoms with E-state index in [4.69, 9.17) is 10.00 Å². The third kappa shape index (κ3) is 1.99. The average molecular weight is 206 g/mol. The van der Waals surface area contributed by atoms with Crippen LogP contribution in [0, 0.1) is 11.3 Å². The van der Waals surface area contributed by atoms with E-state index < -0.39 is 0 Å². The SMILES string of the molecule is COc1cnc(C#N)c(SC2CC2)c1. The van der Waals surface area contributed by atoms with E-state index >= 15 is 0 Å². The Hall–Kier alpha value is -1.21. The molecule has 0 radical (unpaired) electrons. The van der Waals surface area contributed by atoms with E-state index in [1.165, 1.54) is 12.8 Å². The van der Waals surface area contributed by atoms with E-state index in [0.29, 0.717) is 16.7 Å². The number of aromatic nitrogens is 1. The molecule has 1 aliphatic rings. The molecule has 1 saturated carbocycles. The monoisotopic (exact) mass is 206 g/mol. The lowest BCUT2D eigenvalue weighted by molar-refractivity contribution is 0.411. The fourth-order valence-electron chi connectivity index (χ4n) is 1.08. The highest BCUT2D eigenvalue weighted by molar-refractivity contribution is 8.00.